The highest BCUT2D eigenvalue weighted by Gasteiger charge is 2.58. The Bertz CT molecular complexity index is 928. The Hall–Kier alpha value is -1.81. The first-order chi connectivity index (χ1) is 15.5. The van der Waals surface area contributed by atoms with Crippen LogP contribution < -0.4 is 5.73 Å². The Kier molecular flexibility index (Phi) is 6.09. The molecule has 3 N–H and O–H groups in total. The minimum Gasteiger partial charge on any atom is -0.396 e. The summed E-state index contributed by atoms with van der Waals surface area (Å²) >= 11 is 0. The molecule has 9 heteroatoms. The normalized spacial score (nSPS) is 29.5. The zero-order chi connectivity index (χ0) is 22.3. The van der Waals surface area contributed by atoms with Gasteiger partial charge in [-0.25, -0.2) is 15.0 Å². The van der Waals surface area contributed by atoms with Gasteiger partial charge in [-0.2, -0.15) is 0 Å². The SMILES string of the molecule is CC(C)N(CCCO)C[C@H]1C[C@@H](n2cnc3c(N)ncnc32)[C@@H]2OC3(CCCCC3)O[C@H]12. The smallest absolute Gasteiger partial charge is 0.169 e. The number of imidazole rings is 1. The largest absolute Gasteiger partial charge is 0.396 e. The molecule has 0 bridgehead atoms. The lowest BCUT2D eigenvalue weighted by molar-refractivity contribution is -0.205. The van der Waals surface area contributed by atoms with E-state index in [9.17, 15) is 5.11 Å². The average Bonchev–Trinajstić information content (AvgIpc) is 3.45. The molecule has 0 unspecified atom stereocenters. The van der Waals surface area contributed by atoms with Crippen LogP contribution >= 0.6 is 0 Å². The third-order valence-electron chi connectivity index (χ3n) is 7.58. The van der Waals surface area contributed by atoms with Crippen molar-refractivity contribution in [3.8, 4) is 0 Å². The van der Waals surface area contributed by atoms with Gasteiger partial charge in [0.15, 0.2) is 17.3 Å². The van der Waals surface area contributed by atoms with Crippen molar-refractivity contribution in [2.24, 2.45) is 5.92 Å². The molecule has 0 aromatic carbocycles. The molecule has 3 aliphatic rings. The molecule has 0 radical (unpaired) electrons. The highest BCUT2D eigenvalue weighted by molar-refractivity contribution is 5.81. The van der Waals surface area contributed by atoms with E-state index in [4.69, 9.17) is 15.2 Å². The van der Waals surface area contributed by atoms with E-state index in [0.717, 1.165) is 57.3 Å². The number of fused-ring (bicyclic) bond motifs is 2. The van der Waals surface area contributed by atoms with Crippen LogP contribution in [0.15, 0.2) is 12.7 Å². The molecule has 4 atom stereocenters. The second-order valence-electron chi connectivity index (χ2n) is 9.95. The molecule has 2 aromatic rings. The number of nitrogens with two attached hydrogens (primary N) is 1. The maximum Gasteiger partial charge on any atom is 0.169 e. The monoisotopic (exact) mass is 444 g/mol. The van der Waals surface area contributed by atoms with Crippen LogP contribution in [0, 0.1) is 5.92 Å². The molecule has 1 spiro atoms. The van der Waals surface area contributed by atoms with E-state index in [-0.39, 0.29) is 24.9 Å². The molecule has 176 valence electrons. The van der Waals surface area contributed by atoms with Crippen molar-refractivity contribution in [2.45, 2.75) is 88.9 Å². The summed E-state index contributed by atoms with van der Waals surface area (Å²) in [6, 6.07) is 0.504. The number of hydrogen-bond donors (Lipinski definition) is 2. The number of aromatic nitrogens is 4. The van der Waals surface area contributed by atoms with Crippen molar-refractivity contribution in [1.82, 2.24) is 24.4 Å². The molecule has 1 saturated heterocycles. The molecule has 3 heterocycles. The topological polar surface area (TPSA) is 112 Å². The quantitative estimate of drug-likeness (QED) is 0.670. The van der Waals surface area contributed by atoms with Gasteiger partial charge in [-0.1, -0.05) is 6.42 Å². The third-order valence-corrected chi connectivity index (χ3v) is 7.58. The average molecular weight is 445 g/mol. The van der Waals surface area contributed by atoms with Crippen LogP contribution in [0.25, 0.3) is 11.2 Å². The van der Waals surface area contributed by atoms with E-state index in [1.54, 1.807) is 0 Å². The number of nitrogens with zero attached hydrogens (tertiary/aromatic N) is 5. The predicted molar refractivity (Wildman–Crippen MR) is 121 cm³/mol. The van der Waals surface area contributed by atoms with Gasteiger partial charge in [0.05, 0.1) is 18.5 Å². The summed E-state index contributed by atoms with van der Waals surface area (Å²) in [5.74, 6) is 0.300. The highest BCUT2D eigenvalue weighted by Crippen LogP contribution is 2.51. The van der Waals surface area contributed by atoms with Crippen molar-refractivity contribution >= 4 is 17.0 Å². The second-order valence-corrected chi connectivity index (χ2v) is 9.95. The van der Waals surface area contributed by atoms with Gasteiger partial charge < -0.3 is 29.8 Å². The zero-order valence-electron chi connectivity index (χ0n) is 19.2. The van der Waals surface area contributed by atoms with Gasteiger partial charge in [0.1, 0.15) is 17.9 Å². The van der Waals surface area contributed by atoms with E-state index >= 15 is 0 Å². The molecule has 2 aromatic heterocycles. The van der Waals surface area contributed by atoms with E-state index in [2.05, 4.69) is 38.3 Å². The molecule has 32 heavy (non-hydrogen) atoms. The van der Waals surface area contributed by atoms with Crippen molar-refractivity contribution in [3.63, 3.8) is 0 Å². The van der Waals surface area contributed by atoms with Crippen LogP contribution in [0.1, 0.15) is 64.8 Å². The number of anilines is 1. The van der Waals surface area contributed by atoms with E-state index in [1.165, 1.54) is 12.7 Å². The zero-order valence-corrected chi connectivity index (χ0v) is 19.2. The van der Waals surface area contributed by atoms with Crippen molar-refractivity contribution in [1.29, 1.82) is 0 Å². The van der Waals surface area contributed by atoms with Crippen LogP contribution in [0.4, 0.5) is 5.82 Å². The second kappa shape index (κ2) is 8.85. The Morgan fingerprint density at radius 2 is 1.97 bits per heavy atom. The van der Waals surface area contributed by atoms with Gasteiger partial charge in [0.2, 0.25) is 0 Å². The fourth-order valence-electron chi connectivity index (χ4n) is 5.92. The predicted octanol–water partition coefficient (Wildman–Crippen LogP) is 2.51. The van der Waals surface area contributed by atoms with Gasteiger partial charge in [0, 0.05) is 44.5 Å². The summed E-state index contributed by atoms with van der Waals surface area (Å²) in [5.41, 5.74) is 7.45. The van der Waals surface area contributed by atoms with Gasteiger partial charge >= 0.3 is 0 Å². The lowest BCUT2D eigenvalue weighted by atomic mass is 9.94. The molecule has 0 amide bonds. The van der Waals surface area contributed by atoms with Crippen LogP contribution in [0.2, 0.25) is 0 Å². The minimum absolute atomic E-state index is 0.0291. The Morgan fingerprint density at radius 1 is 1.19 bits per heavy atom. The summed E-state index contributed by atoms with van der Waals surface area (Å²) < 4.78 is 15.7. The van der Waals surface area contributed by atoms with Crippen LogP contribution in [-0.2, 0) is 9.47 Å². The van der Waals surface area contributed by atoms with E-state index in [1.807, 2.05) is 6.33 Å². The molecular formula is C23H36N6O3. The molecule has 1 aliphatic heterocycles. The third kappa shape index (κ3) is 3.89. The van der Waals surface area contributed by atoms with Gasteiger partial charge in [-0.3, -0.25) is 0 Å². The maximum absolute atomic E-state index is 9.36. The Morgan fingerprint density at radius 3 is 2.72 bits per heavy atom. The number of ether oxygens (including phenoxy) is 2. The number of rotatable bonds is 7. The summed E-state index contributed by atoms with van der Waals surface area (Å²) in [7, 11) is 0. The molecule has 5 rings (SSSR count). The van der Waals surface area contributed by atoms with Crippen LogP contribution in [-0.4, -0.2) is 73.3 Å². The summed E-state index contributed by atoms with van der Waals surface area (Å²) in [5, 5.41) is 9.36. The molecular weight excluding hydrogens is 408 g/mol. The standard InChI is InChI=1S/C23H36N6O3/c1-15(2)28(9-6-10-30)12-16-11-17(29-14-27-18-21(24)25-13-26-22(18)29)20-19(16)31-23(32-20)7-4-3-5-8-23/h13-17,19-20,30H,3-12H2,1-2H3,(H2,24,25,26)/t16-,17-,19-,20+/m1/s1. The number of nitrogen functional groups attached to an aromatic ring is 1. The molecule has 2 aliphatic carbocycles. The first kappa shape index (κ1) is 22.0. The van der Waals surface area contributed by atoms with Crippen molar-refractivity contribution in [2.75, 3.05) is 25.4 Å². The first-order valence-electron chi connectivity index (χ1n) is 12.1. The summed E-state index contributed by atoms with van der Waals surface area (Å²) in [4.78, 5) is 15.6. The van der Waals surface area contributed by atoms with Gasteiger partial charge in [-0.05, 0) is 39.5 Å². The van der Waals surface area contributed by atoms with E-state index in [0.29, 0.717) is 23.3 Å². The van der Waals surface area contributed by atoms with Gasteiger partial charge in [0.25, 0.3) is 0 Å². The lowest BCUT2D eigenvalue weighted by Crippen LogP contribution is -2.40. The summed E-state index contributed by atoms with van der Waals surface area (Å²) in [6.45, 7) is 6.47. The van der Waals surface area contributed by atoms with E-state index < -0.39 is 5.79 Å². The molecule has 2 saturated carbocycles. The maximum atomic E-state index is 9.36. The van der Waals surface area contributed by atoms with Gasteiger partial charge in [-0.15, -0.1) is 0 Å². The Labute approximate surface area is 189 Å². The fraction of sp³-hybridized carbons (Fsp3) is 0.783. The van der Waals surface area contributed by atoms with Crippen molar-refractivity contribution in [3.05, 3.63) is 12.7 Å². The van der Waals surface area contributed by atoms with Crippen LogP contribution in [0.3, 0.4) is 0 Å². The van der Waals surface area contributed by atoms with Crippen molar-refractivity contribution < 1.29 is 14.6 Å². The fourth-order valence-corrected chi connectivity index (χ4v) is 5.92. The summed E-state index contributed by atoms with van der Waals surface area (Å²) in [6.07, 6.45) is 10.6. The molecule has 9 nitrogen and oxygen atoms in total. The van der Waals surface area contributed by atoms with Crippen LogP contribution in [0.5, 0.6) is 0 Å². The number of hydrogen-bond acceptors (Lipinski definition) is 8. The Balaban J connectivity index is 1.45. The molecule has 3 fully saturated rings. The number of aliphatic hydroxyl groups excluding tert-OH is 1. The lowest BCUT2D eigenvalue weighted by Gasteiger charge is -2.35. The first-order valence-corrected chi connectivity index (χ1v) is 12.1. The highest BCUT2D eigenvalue weighted by atomic mass is 16.8. The number of aliphatic hydroxyl groups is 1. The minimum atomic E-state index is -0.442.